The fraction of sp³-hybridized carbons (Fsp3) is 0.188. The third kappa shape index (κ3) is 3.30. The highest BCUT2D eigenvalue weighted by atomic mass is 16.5. The van der Waals surface area contributed by atoms with Crippen LogP contribution in [0.3, 0.4) is 0 Å². The van der Waals surface area contributed by atoms with E-state index in [1.165, 1.54) is 17.9 Å². The molecule has 0 aliphatic heterocycles. The molecule has 0 spiro atoms. The first-order valence-electron chi connectivity index (χ1n) is 7.05. The zero-order valence-corrected chi connectivity index (χ0v) is 13.2. The Bertz CT molecular complexity index is 820. The van der Waals surface area contributed by atoms with Crippen molar-refractivity contribution in [2.24, 2.45) is 0 Å². The molecule has 0 radical (unpaired) electrons. The van der Waals surface area contributed by atoms with Gasteiger partial charge in [0.15, 0.2) is 5.69 Å². The van der Waals surface area contributed by atoms with Crippen molar-refractivity contribution in [3.8, 4) is 11.8 Å². The average Bonchev–Trinajstić information content (AvgIpc) is 2.91. The number of ether oxygens (including phenoxy) is 2. The number of carbonyl (C=O) groups excluding carboxylic acids is 2. The number of esters is 1. The molecule has 0 atom stereocenters. The summed E-state index contributed by atoms with van der Waals surface area (Å²) in [6.07, 6.45) is 0.845. The summed E-state index contributed by atoms with van der Waals surface area (Å²) in [5.74, 6) is -0.669. The summed E-state index contributed by atoms with van der Waals surface area (Å²) in [5.41, 5.74) is 7.08. The molecule has 1 amide bonds. The van der Waals surface area contributed by atoms with E-state index in [-0.39, 0.29) is 23.6 Å². The summed E-state index contributed by atoms with van der Waals surface area (Å²) in [6.45, 7) is 1.95. The third-order valence-electron chi connectivity index (χ3n) is 3.19. The van der Waals surface area contributed by atoms with Crippen LogP contribution in [0.1, 0.15) is 23.0 Å². The number of nitriles is 1. The molecule has 3 N–H and O–H groups in total. The summed E-state index contributed by atoms with van der Waals surface area (Å²) < 4.78 is 11.0. The van der Waals surface area contributed by atoms with E-state index in [4.69, 9.17) is 20.5 Å². The molecule has 0 fully saturated rings. The summed E-state index contributed by atoms with van der Waals surface area (Å²) in [5, 5.41) is 11.7. The van der Waals surface area contributed by atoms with Crippen LogP contribution < -0.4 is 11.1 Å². The van der Waals surface area contributed by atoms with Gasteiger partial charge in [-0.3, -0.25) is 5.32 Å². The number of hydrogen-bond acceptors (Lipinski definition) is 6. The number of nitrogens with one attached hydrogen (secondary N) is 1. The smallest absolute Gasteiger partial charge is 0.411 e. The fourth-order valence-electron chi connectivity index (χ4n) is 2.14. The van der Waals surface area contributed by atoms with Gasteiger partial charge in [0, 0.05) is 17.6 Å². The lowest BCUT2D eigenvalue weighted by molar-refractivity contribution is 0.0593. The van der Waals surface area contributed by atoms with Gasteiger partial charge in [0.2, 0.25) is 0 Å². The summed E-state index contributed by atoms with van der Waals surface area (Å²) >= 11 is 0. The molecule has 124 valence electrons. The number of amides is 1. The van der Waals surface area contributed by atoms with Gasteiger partial charge in [-0.15, -0.1) is 0 Å². The monoisotopic (exact) mass is 328 g/mol. The van der Waals surface area contributed by atoms with E-state index in [0.717, 1.165) is 0 Å². The lowest BCUT2D eigenvalue weighted by Crippen LogP contribution is -2.14. The van der Waals surface area contributed by atoms with Gasteiger partial charge in [-0.25, -0.2) is 9.59 Å². The van der Waals surface area contributed by atoms with E-state index >= 15 is 0 Å². The zero-order chi connectivity index (χ0) is 17.7. The van der Waals surface area contributed by atoms with Gasteiger partial charge in [-0.1, -0.05) is 6.07 Å². The molecular weight excluding hydrogens is 312 g/mol. The molecule has 2 aromatic rings. The summed E-state index contributed by atoms with van der Waals surface area (Å²) in [4.78, 5) is 23.5. The molecule has 0 saturated carbocycles. The molecule has 24 heavy (non-hydrogen) atoms. The van der Waals surface area contributed by atoms with Crippen molar-refractivity contribution in [1.82, 2.24) is 4.57 Å². The van der Waals surface area contributed by atoms with Crippen molar-refractivity contribution in [3.05, 3.63) is 41.7 Å². The molecule has 0 aliphatic rings. The molecule has 1 heterocycles. The average molecular weight is 328 g/mol. The van der Waals surface area contributed by atoms with E-state index in [1.54, 1.807) is 31.2 Å². The number of benzene rings is 1. The molecule has 0 aliphatic carbocycles. The van der Waals surface area contributed by atoms with Crippen molar-refractivity contribution >= 4 is 23.4 Å². The van der Waals surface area contributed by atoms with Gasteiger partial charge in [-0.05, 0) is 25.1 Å². The number of nitrogens with two attached hydrogens (primary N) is 1. The minimum atomic E-state index is -0.669. The molecule has 8 heteroatoms. The number of nitrogen functional groups attached to an aromatic ring is 1. The van der Waals surface area contributed by atoms with Crippen LogP contribution in [0.15, 0.2) is 30.5 Å². The SMILES string of the molecule is CCOC(=O)Nc1cccc(-n2cc(C#N)c(N)c2C(=O)OC)c1. The normalized spacial score (nSPS) is 9.88. The highest BCUT2D eigenvalue weighted by molar-refractivity contribution is 5.96. The van der Waals surface area contributed by atoms with Crippen molar-refractivity contribution < 1.29 is 19.1 Å². The highest BCUT2D eigenvalue weighted by Gasteiger charge is 2.21. The first-order valence-corrected chi connectivity index (χ1v) is 7.05. The standard InChI is InChI=1S/C16H16N4O4/c1-3-24-16(22)19-11-5-4-6-12(7-11)20-9-10(8-17)13(18)14(20)15(21)23-2/h4-7,9H,3,18H2,1-2H3,(H,19,22). The number of hydrogen-bond donors (Lipinski definition) is 2. The molecule has 1 aromatic carbocycles. The number of nitrogens with zero attached hydrogens (tertiary/aromatic N) is 2. The Balaban J connectivity index is 2.47. The van der Waals surface area contributed by atoms with Crippen molar-refractivity contribution in [1.29, 1.82) is 5.26 Å². The number of aromatic nitrogens is 1. The largest absolute Gasteiger partial charge is 0.464 e. The highest BCUT2D eigenvalue weighted by Crippen LogP contribution is 2.26. The topological polar surface area (TPSA) is 119 Å². The maximum atomic E-state index is 12.0. The second-order valence-electron chi connectivity index (χ2n) is 4.67. The molecule has 1 aromatic heterocycles. The van der Waals surface area contributed by atoms with Crippen molar-refractivity contribution in [3.63, 3.8) is 0 Å². The van der Waals surface area contributed by atoms with Crippen LogP contribution >= 0.6 is 0 Å². The quantitative estimate of drug-likeness (QED) is 0.831. The maximum Gasteiger partial charge on any atom is 0.411 e. The fourth-order valence-corrected chi connectivity index (χ4v) is 2.14. The van der Waals surface area contributed by atoms with Gasteiger partial charge < -0.3 is 19.8 Å². The Morgan fingerprint density at radius 1 is 1.42 bits per heavy atom. The number of rotatable bonds is 4. The molecule has 0 bridgehead atoms. The van der Waals surface area contributed by atoms with E-state index in [2.05, 4.69) is 5.32 Å². The van der Waals surface area contributed by atoms with Gasteiger partial charge in [0.25, 0.3) is 0 Å². The molecule has 0 unspecified atom stereocenters. The van der Waals surface area contributed by atoms with Crippen LogP contribution in [-0.2, 0) is 9.47 Å². The predicted molar refractivity (Wildman–Crippen MR) is 86.9 cm³/mol. The Morgan fingerprint density at radius 2 is 2.17 bits per heavy atom. The summed E-state index contributed by atoms with van der Waals surface area (Å²) in [7, 11) is 1.23. The molecule has 2 rings (SSSR count). The number of anilines is 2. The lowest BCUT2D eigenvalue weighted by Gasteiger charge is -2.11. The van der Waals surface area contributed by atoms with Gasteiger partial charge in [0.05, 0.1) is 25.0 Å². The Morgan fingerprint density at radius 3 is 2.79 bits per heavy atom. The summed E-state index contributed by atoms with van der Waals surface area (Å²) in [6, 6.07) is 8.58. The van der Waals surface area contributed by atoms with E-state index in [9.17, 15) is 9.59 Å². The van der Waals surface area contributed by atoms with E-state index in [1.807, 2.05) is 6.07 Å². The first-order chi connectivity index (χ1) is 11.5. The maximum absolute atomic E-state index is 12.0. The van der Waals surface area contributed by atoms with E-state index in [0.29, 0.717) is 11.4 Å². The van der Waals surface area contributed by atoms with Crippen LogP contribution in [0.4, 0.5) is 16.2 Å². The van der Waals surface area contributed by atoms with Crippen LogP contribution in [0.2, 0.25) is 0 Å². The second kappa shape index (κ2) is 7.19. The van der Waals surface area contributed by atoms with Crippen LogP contribution in [-0.4, -0.2) is 30.3 Å². The van der Waals surface area contributed by atoms with Crippen molar-refractivity contribution in [2.75, 3.05) is 24.8 Å². The predicted octanol–water partition coefficient (Wildman–Crippen LogP) is 2.29. The van der Waals surface area contributed by atoms with E-state index < -0.39 is 12.1 Å². The third-order valence-corrected chi connectivity index (χ3v) is 3.19. The number of carbonyl (C=O) groups is 2. The van der Waals surface area contributed by atoms with Crippen LogP contribution in [0, 0.1) is 11.3 Å². The number of methoxy groups -OCH3 is 1. The molecule has 0 saturated heterocycles. The zero-order valence-electron chi connectivity index (χ0n) is 13.2. The Hall–Kier alpha value is -3.47. The minimum absolute atomic E-state index is 0.0353. The Labute approximate surface area is 138 Å². The van der Waals surface area contributed by atoms with Crippen molar-refractivity contribution in [2.45, 2.75) is 6.92 Å². The minimum Gasteiger partial charge on any atom is -0.464 e. The second-order valence-corrected chi connectivity index (χ2v) is 4.67. The van der Waals surface area contributed by atoms with Crippen LogP contribution in [0.5, 0.6) is 0 Å². The van der Waals surface area contributed by atoms with Gasteiger partial charge >= 0.3 is 12.1 Å². The van der Waals surface area contributed by atoms with Gasteiger partial charge in [0.1, 0.15) is 6.07 Å². The molecule has 8 nitrogen and oxygen atoms in total. The molecular formula is C16H16N4O4. The Kier molecular flexibility index (Phi) is 5.06. The van der Waals surface area contributed by atoms with Crippen LogP contribution in [0.25, 0.3) is 5.69 Å². The van der Waals surface area contributed by atoms with Gasteiger partial charge in [-0.2, -0.15) is 5.26 Å². The lowest BCUT2D eigenvalue weighted by atomic mass is 10.2. The first kappa shape index (κ1) is 16.9.